The van der Waals surface area contributed by atoms with Crippen molar-refractivity contribution >= 4 is 22.6 Å². The van der Waals surface area contributed by atoms with Crippen LogP contribution in [0.5, 0.6) is 0 Å². The summed E-state index contributed by atoms with van der Waals surface area (Å²) in [6.07, 6.45) is 0. The van der Waals surface area contributed by atoms with Crippen molar-refractivity contribution in [1.82, 2.24) is 5.43 Å². The lowest BCUT2D eigenvalue weighted by Crippen LogP contribution is -2.14. The number of amides is 1. The summed E-state index contributed by atoms with van der Waals surface area (Å²) in [6.45, 7) is 3.20. The highest BCUT2D eigenvalue weighted by molar-refractivity contribution is 6.00. The highest BCUT2D eigenvalue weighted by Gasteiger charge is 2.05. The van der Waals surface area contributed by atoms with Crippen LogP contribution in [0.1, 0.15) is 19.6 Å². The first-order valence-electron chi connectivity index (χ1n) is 4.96. The number of para-hydroxylation sites is 1. The van der Waals surface area contributed by atoms with Crippen molar-refractivity contribution in [3.05, 3.63) is 36.1 Å². The maximum Gasteiger partial charge on any atom is 0.236 e. The molecule has 0 saturated heterocycles. The zero-order valence-corrected chi connectivity index (χ0v) is 9.15. The van der Waals surface area contributed by atoms with Gasteiger partial charge in [-0.25, -0.2) is 5.43 Å². The number of nitrogens with one attached hydrogen (secondary N) is 1. The zero-order valence-electron chi connectivity index (χ0n) is 9.15. The Hall–Kier alpha value is -2.10. The lowest BCUT2D eigenvalue weighted by molar-refractivity contribution is -0.118. The van der Waals surface area contributed by atoms with E-state index in [0.717, 1.165) is 11.0 Å². The molecule has 0 aliphatic carbocycles. The number of carbonyl (C=O) groups is 1. The molecule has 0 radical (unpaired) electrons. The lowest BCUT2D eigenvalue weighted by atomic mass is 10.2. The molecule has 4 nitrogen and oxygen atoms in total. The zero-order chi connectivity index (χ0) is 11.5. The Morgan fingerprint density at radius 1 is 1.31 bits per heavy atom. The van der Waals surface area contributed by atoms with Gasteiger partial charge in [0, 0.05) is 12.3 Å². The van der Waals surface area contributed by atoms with Gasteiger partial charge in [-0.2, -0.15) is 5.10 Å². The second-order valence-corrected chi connectivity index (χ2v) is 3.51. The summed E-state index contributed by atoms with van der Waals surface area (Å²) in [5.74, 6) is 0.463. The number of hydrazone groups is 1. The Morgan fingerprint density at radius 2 is 2.06 bits per heavy atom. The molecule has 2 rings (SSSR count). The van der Waals surface area contributed by atoms with Crippen LogP contribution in [0.2, 0.25) is 0 Å². The fourth-order valence-electron chi connectivity index (χ4n) is 1.38. The summed E-state index contributed by atoms with van der Waals surface area (Å²) < 4.78 is 5.58. The number of hydrogen-bond acceptors (Lipinski definition) is 3. The topological polar surface area (TPSA) is 54.6 Å². The number of hydrogen-bond donors (Lipinski definition) is 1. The summed E-state index contributed by atoms with van der Waals surface area (Å²) in [7, 11) is 0. The van der Waals surface area contributed by atoms with Gasteiger partial charge < -0.3 is 4.42 Å². The smallest absolute Gasteiger partial charge is 0.236 e. The molecule has 1 heterocycles. The molecule has 0 aliphatic heterocycles. The van der Waals surface area contributed by atoms with Crippen molar-refractivity contribution in [1.29, 1.82) is 0 Å². The van der Waals surface area contributed by atoms with Gasteiger partial charge in [-0.1, -0.05) is 18.2 Å². The highest BCUT2D eigenvalue weighted by Crippen LogP contribution is 2.19. The van der Waals surface area contributed by atoms with Crippen LogP contribution in [-0.2, 0) is 4.79 Å². The third-order valence-electron chi connectivity index (χ3n) is 2.16. The van der Waals surface area contributed by atoms with Crippen molar-refractivity contribution < 1.29 is 9.21 Å². The maximum absolute atomic E-state index is 10.7. The minimum atomic E-state index is -0.199. The van der Waals surface area contributed by atoms with Crippen LogP contribution in [0.4, 0.5) is 0 Å². The Balaban J connectivity index is 2.33. The van der Waals surface area contributed by atoms with Crippen LogP contribution in [0.3, 0.4) is 0 Å². The van der Waals surface area contributed by atoms with Crippen molar-refractivity contribution in [2.75, 3.05) is 0 Å². The fourth-order valence-corrected chi connectivity index (χ4v) is 1.38. The molecule has 0 spiro atoms. The quantitative estimate of drug-likeness (QED) is 0.618. The summed E-state index contributed by atoms with van der Waals surface area (Å²) >= 11 is 0. The number of nitrogens with zero attached hydrogens (tertiary/aromatic N) is 1. The second kappa shape index (κ2) is 4.18. The van der Waals surface area contributed by atoms with Crippen molar-refractivity contribution in [3.63, 3.8) is 0 Å². The molecule has 0 bridgehead atoms. The normalized spacial score (nSPS) is 11.8. The van der Waals surface area contributed by atoms with Crippen LogP contribution in [-0.4, -0.2) is 11.6 Å². The summed E-state index contributed by atoms with van der Waals surface area (Å²) in [5, 5.41) is 4.94. The Labute approximate surface area is 92.9 Å². The van der Waals surface area contributed by atoms with Crippen molar-refractivity contribution in [2.24, 2.45) is 5.10 Å². The number of benzene rings is 1. The molecule has 0 atom stereocenters. The van der Waals surface area contributed by atoms with Crippen LogP contribution in [0, 0.1) is 0 Å². The third kappa shape index (κ3) is 2.11. The second-order valence-electron chi connectivity index (χ2n) is 3.51. The number of furan rings is 1. The van der Waals surface area contributed by atoms with Gasteiger partial charge in [0.05, 0.1) is 0 Å². The average molecular weight is 216 g/mol. The molecule has 0 fully saturated rings. The Bertz CT molecular complexity index is 522. The van der Waals surface area contributed by atoms with Crippen molar-refractivity contribution in [2.45, 2.75) is 13.8 Å². The Kier molecular flexibility index (Phi) is 2.72. The SMILES string of the molecule is CC(=O)N/N=C(\C)c1cc2ccccc2o1. The molecule has 1 aromatic heterocycles. The molecule has 1 N–H and O–H groups in total. The van der Waals surface area contributed by atoms with Gasteiger partial charge in [0.15, 0.2) is 5.76 Å². The lowest BCUT2D eigenvalue weighted by Gasteiger charge is -1.95. The van der Waals surface area contributed by atoms with Gasteiger partial charge in [0.25, 0.3) is 0 Å². The van der Waals surface area contributed by atoms with Crippen LogP contribution in [0.15, 0.2) is 39.9 Å². The first-order chi connectivity index (χ1) is 7.66. The van der Waals surface area contributed by atoms with E-state index in [9.17, 15) is 4.79 Å². The van der Waals surface area contributed by atoms with E-state index in [0.29, 0.717) is 11.5 Å². The predicted molar refractivity (Wildman–Crippen MR) is 62.2 cm³/mol. The number of carbonyl (C=O) groups excluding carboxylic acids is 1. The molecule has 4 heteroatoms. The van der Waals surface area contributed by atoms with Gasteiger partial charge in [-0.05, 0) is 19.1 Å². The third-order valence-corrected chi connectivity index (χ3v) is 2.16. The average Bonchev–Trinajstić information content (AvgIpc) is 2.69. The van der Waals surface area contributed by atoms with E-state index in [1.54, 1.807) is 6.92 Å². The van der Waals surface area contributed by atoms with Gasteiger partial charge >= 0.3 is 0 Å². The van der Waals surface area contributed by atoms with Gasteiger partial charge in [0.1, 0.15) is 11.3 Å². The molecule has 0 saturated carbocycles. The summed E-state index contributed by atoms with van der Waals surface area (Å²) in [6, 6.07) is 9.62. The molecule has 2 aromatic rings. The van der Waals surface area contributed by atoms with Gasteiger partial charge in [0.2, 0.25) is 5.91 Å². The molecule has 82 valence electrons. The highest BCUT2D eigenvalue weighted by atomic mass is 16.3. The van der Waals surface area contributed by atoms with Crippen molar-refractivity contribution in [3.8, 4) is 0 Å². The minimum Gasteiger partial charge on any atom is -0.455 e. The van der Waals surface area contributed by atoms with Crippen LogP contribution < -0.4 is 5.43 Å². The molecule has 1 amide bonds. The number of rotatable bonds is 2. The van der Waals surface area contributed by atoms with Crippen LogP contribution in [0.25, 0.3) is 11.0 Å². The predicted octanol–water partition coefficient (Wildman–Crippen LogP) is 2.29. The Morgan fingerprint density at radius 3 is 2.75 bits per heavy atom. The van der Waals surface area contributed by atoms with Gasteiger partial charge in [-0.3, -0.25) is 4.79 Å². The minimum absolute atomic E-state index is 0.199. The van der Waals surface area contributed by atoms with E-state index in [2.05, 4.69) is 10.5 Å². The van der Waals surface area contributed by atoms with Crippen LogP contribution >= 0.6 is 0 Å². The van der Waals surface area contributed by atoms with E-state index in [1.165, 1.54) is 6.92 Å². The summed E-state index contributed by atoms with van der Waals surface area (Å²) in [5.41, 5.74) is 3.84. The van der Waals surface area contributed by atoms with E-state index < -0.39 is 0 Å². The van der Waals surface area contributed by atoms with E-state index in [4.69, 9.17) is 4.42 Å². The van der Waals surface area contributed by atoms with E-state index in [-0.39, 0.29) is 5.91 Å². The monoisotopic (exact) mass is 216 g/mol. The first-order valence-corrected chi connectivity index (χ1v) is 4.96. The molecule has 0 aliphatic rings. The molecular weight excluding hydrogens is 204 g/mol. The number of fused-ring (bicyclic) bond motifs is 1. The van der Waals surface area contributed by atoms with E-state index >= 15 is 0 Å². The summed E-state index contributed by atoms with van der Waals surface area (Å²) in [4.78, 5) is 10.7. The van der Waals surface area contributed by atoms with E-state index in [1.807, 2.05) is 30.3 Å². The van der Waals surface area contributed by atoms with Gasteiger partial charge in [-0.15, -0.1) is 0 Å². The molecular formula is C12H12N2O2. The molecule has 1 aromatic carbocycles. The standard InChI is InChI=1S/C12H12N2O2/c1-8(13-14-9(2)15)12-7-10-5-3-4-6-11(10)16-12/h3-7H,1-2H3,(H,14,15)/b13-8+. The molecule has 16 heavy (non-hydrogen) atoms. The largest absolute Gasteiger partial charge is 0.455 e. The fraction of sp³-hybridized carbons (Fsp3) is 0.167. The first kappa shape index (κ1) is 10.4. The maximum atomic E-state index is 10.7. The molecule has 0 unspecified atom stereocenters.